The summed E-state index contributed by atoms with van der Waals surface area (Å²) in [6, 6.07) is 21.4. The first-order chi connectivity index (χ1) is 13.5. The highest BCUT2D eigenvalue weighted by atomic mass is 35.5. The Morgan fingerprint density at radius 3 is 2.32 bits per heavy atom. The quantitative estimate of drug-likeness (QED) is 0.423. The molecule has 0 radical (unpaired) electrons. The predicted molar refractivity (Wildman–Crippen MR) is 119 cm³/mol. The van der Waals surface area contributed by atoms with Crippen molar-refractivity contribution in [3.05, 3.63) is 76.8 Å². The molecule has 4 rings (SSSR count). The fourth-order valence-corrected chi connectivity index (χ4v) is 3.44. The van der Waals surface area contributed by atoms with Gasteiger partial charge in [0.05, 0.1) is 10.5 Å². The lowest BCUT2D eigenvalue weighted by Crippen LogP contribution is -2.08. The number of benzene rings is 3. The normalized spacial score (nSPS) is 10.9. The molecule has 0 saturated heterocycles. The summed E-state index contributed by atoms with van der Waals surface area (Å²) in [5.41, 5.74) is 3.66. The first-order valence-corrected chi connectivity index (χ1v) is 9.53. The number of nitrogens with one attached hydrogen (secondary N) is 1. The van der Waals surface area contributed by atoms with Crippen LogP contribution in [0.1, 0.15) is 0 Å². The van der Waals surface area contributed by atoms with Crippen LogP contribution in [-0.2, 0) is 0 Å². The molecule has 3 aromatic carbocycles. The van der Waals surface area contributed by atoms with E-state index in [4.69, 9.17) is 33.2 Å². The van der Waals surface area contributed by atoms with Crippen molar-refractivity contribution < 1.29 is 0 Å². The zero-order chi connectivity index (χ0) is 19.7. The lowest BCUT2D eigenvalue weighted by atomic mass is 10.1. The molecule has 6 heteroatoms. The van der Waals surface area contributed by atoms with Gasteiger partial charge in [-0.05, 0) is 54.6 Å². The van der Waals surface area contributed by atoms with Crippen LogP contribution < -0.4 is 10.2 Å². The van der Waals surface area contributed by atoms with Gasteiger partial charge in [-0.3, -0.25) is 0 Å². The van der Waals surface area contributed by atoms with Crippen LogP contribution in [0.15, 0.2) is 66.7 Å². The summed E-state index contributed by atoms with van der Waals surface area (Å²) in [5.74, 6) is 1.27. The Balaban J connectivity index is 1.80. The molecule has 0 aliphatic heterocycles. The third kappa shape index (κ3) is 3.75. The number of para-hydroxylation sites is 1. The zero-order valence-corrected chi connectivity index (χ0v) is 17.0. The smallest absolute Gasteiger partial charge is 0.163 e. The Morgan fingerprint density at radius 2 is 1.61 bits per heavy atom. The number of nitrogens with zero attached hydrogens (tertiary/aromatic N) is 3. The van der Waals surface area contributed by atoms with Gasteiger partial charge in [-0.15, -0.1) is 0 Å². The highest BCUT2D eigenvalue weighted by Crippen LogP contribution is 2.32. The van der Waals surface area contributed by atoms with Crippen molar-refractivity contribution in [2.75, 3.05) is 24.3 Å². The van der Waals surface area contributed by atoms with Gasteiger partial charge in [-0.2, -0.15) is 0 Å². The van der Waals surface area contributed by atoms with Gasteiger partial charge < -0.3 is 10.2 Å². The summed E-state index contributed by atoms with van der Waals surface area (Å²) in [6.45, 7) is 0. The maximum atomic E-state index is 6.39. The monoisotopic (exact) mass is 408 g/mol. The minimum absolute atomic E-state index is 0.518. The van der Waals surface area contributed by atoms with Gasteiger partial charge in [0.25, 0.3) is 0 Å². The van der Waals surface area contributed by atoms with Crippen LogP contribution in [0.4, 0.5) is 17.2 Å². The first-order valence-electron chi connectivity index (χ1n) is 8.78. The average Bonchev–Trinajstić information content (AvgIpc) is 2.68. The molecule has 4 aromatic rings. The van der Waals surface area contributed by atoms with Gasteiger partial charge in [-0.25, -0.2) is 9.97 Å². The van der Waals surface area contributed by atoms with Crippen LogP contribution in [0, 0.1) is 0 Å². The fraction of sp³-hybridized carbons (Fsp3) is 0.0909. The van der Waals surface area contributed by atoms with Crippen LogP contribution >= 0.6 is 23.2 Å². The summed E-state index contributed by atoms with van der Waals surface area (Å²) in [5, 5.41) is 5.45. The molecule has 28 heavy (non-hydrogen) atoms. The molecule has 0 spiro atoms. The molecular formula is C22H18Cl2N4. The maximum absolute atomic E-state index is 6.39. The Morgan fingerprint density at radius 1 is 0.857 bits per heavy atom. The van der Waals surface area contributed by atoms with Crippen molar-refractivity contribution >= 4 is 51.3 Å². The van der Waals surface area contributed by atoms with Gasteiger partial charge in [0.2, 0.25) is 0 Å². The van der Waals surface area contributed by atoms with Crippen molar-refractivity contribution in [3.63, 3.8) is 0 Å². The Bertz CT molecular complexity index is 1140. The minimum atomic E-state index is 0.518. The average molecular weight is 409 g/mol. The van der Waals surface area contributed by atoms with Crippen LogP contribution in [-0.4, -0.2) is 24.1 Å². The fourth-order valence-electron chi connectivity index (χ4n) is 2.94. The number of aromatic nitrogens is 2. The van der Waals surface area contributed by atoms with Crippen molar-refractivity contribution in [2.45, 2.75) is 0 Å². The summed E-state index contributed by atoms with van der Waals surface area (Å²) < 4.78 is 0. The zero-order valence-electron chi connectivity index (χ0n) is 15.4. The molecular weight excluding hydrogens is 391 g/mol. The molecule has 140 valence electrons. The molecule has 1 heterocycles. The number of halogens is 2. The molecule has 0 fully saturated rings. The van der Waals surface area contributed by atoms with Crippen molar-refractivity contribution in [2.24, 2.45) is 0 Å². The van der Waals surface area contributed by atoms with Crippen molar-refractivity contribution in [1.29, 1.82) is 0 Å². The van der Waals surface area contributed by atoms with Gasteiger partial charge in [0, 0.05) is 41.4 Å². The molecule has 0 amide bonds. The van der Waals surface area contributed by atoms with E-state index in [1.165, 1.54) is 0 Å². The second-order valence-electron chi connectivity index (χ2n) is 6.60. The van der Waals surface area contributed by atoms with Gasteiger partial charge >= 0.3 is 0 Å². The maximum Gasteiger partial charge on any atom is 0.163 e. The minimum Gasteiger partial charge on any atom is -0.378 e. The van der Waals surface area contributed by atoms with Crippen molar-refractivity contribution in [1.82, 2.24) is 9.97 Å². The van der Waals surface area contributed by atoms with E-state index < -0.39 is 0 Å². The van der Waals surface area contributed by atoms with Crippen molar-refractivity contribution in [3.8, 4) is 11.4 Å². The van der Waals surface area contributed by atoms with E-state index in [2.05, 4.69) is 22.3 Å². The van der Waals surface area contributed by atoms with Gasteiger partial charge in [-0.1, -0.05) is 35.3 Å². The lowest BCUT2D eigenvalue weighted by Gasteiger charge is -2.14. The summed E-state index contributed by atoms with van der Waals surface area (Å²) in [4.78, 5) is 11.5. The molecule has 0 unspecified atom stereocenters. The molecule has 0 aliphatic rings. The Hall–Kier alpha value is -2.82. The Labute approximate surface area is 173 Å². The number of hydrogen-bond donors (Lipinski definition) is 1. The Kier molecular flexibility index (Phi) is 5.07. The van der Waals surface area contributed by atoms with E-state index in [-0.39, 0.29) is 0 Å². The molecule has 0 saturated carbocycles. The third-order valence-electron chi connectivity index (χ3n) is 4.42. The molecule has 1 aromatic heterocycles. The van der Waals surface area contributed by atoms with E-state index in [1.54, 1.807) is 12.1 Å². The molecule has 0 aliphatic carbocycles. The number of hydrogen-bond acceptors (Lipinski definition) is 4. The third-order valence-corrected chi connectivity index (χ3v) is 4.97. The standard InChI is InChI=1S/C22H18Cl2N4/c1-28(2)16-10-8-15(9-11-16)25-22-18-5-3-4-6-20(18)26-21(27-22)17-12-7-14(23)13-19(17)24/h3-13H,1-2H3,(H,25,26,27). The molecule has 0 atom stereocenters. The molecule has 4 nitrogen and oxygen atoms in total. The second kappa shape index (κ2) is 7.66. The van der Waals surface area contributed by atoms with E-state index in [0.717, 1.165) is 33.7 Å². The number of fused-ring (bicyclic) bond motifs is 1. The second-order valence-corrected chi connectivity index (χ2v) is 7.45. The first kappa shape index (κ1) is 18.5. The predicted octanol–water partition coefficient (Wildman–Crippen LogP) is 6.41. The van der Waals surface area contributed by atoms with E-state index in [0.29, 0.717) is 15.9 Å². The SMILES string of the molecule is CN(C)c1ccc(Nc2nc(-c3ccc(Cl)cc3Cl)nc3ccccc23)cc1. The largest absolute Gasteiger partial charge is 0.378 e. The van der Waals surface area contributed by atoms with Crippen LogP contribution in [0.5, 0.6) is 0 Å². The number of anilines is 3. The van der Waals surface area contributed by atoms with Crippen LogP contribution in [0.25, 0.3) is 22.3 Å². The summed E-state index contributed by atoms with van der Waals surface area (Å²) in [7, 11) is 4.03. The van der Waals surface area contributed by atoms with Crippen LogP contribution in [0.2, 0.25) is 10.0 Å². The number of rotatable bonds is 4. The molecule has 1 N–H and O–H groups in total. The van der Waals surface area contributed by atoms with E-state index in [1.807, 2.05) is 56.6 Å². The highest BCUT2D eigenvalue weighted by molar-refractivity contribution is 6.36. The summed E-state index contributed by atoms with van der Waals surface area (Å²) in [6.07, 6.45) is 0. The highest BCUT2D eigenvalue weighted by Gasteiger charge is 2.12. The van der Waals surface area contributed by atoms with E-state index in [9.17, 15) is 0 Å². The van der Waals surface area contributed by atoms with Crippen LogP contribution in [0.3, 0.4) is 0 Å². The summed E-state index contributed by atoms with van der Waals surface area (Å²) >= 11 is 12.4. The lowest BCUT2D eigenvalue weighted by molar-refractivity contribution is 1.13. The van der Waals surface area contributed by atoms with E-state index >= 15 is 0 Å². The topological polar surface area (TPSA) is 41.0 Å². The van der Waals surface area contributed by atoms with Gasteiger partial charge in [0.15, 0.2) is 5.82 Å². The molecule has 0 bridgehead atoms. The van der Waals surface area contributed by atoms with Gasteiger partial charge in [0.1, 0.15) is 5.82 Å².